The number of fused-ring (bicyclic) bond motifs is 1. The van der Waals surface area contributed by atoms with E-state index in [1.807, 2.05) is 18.2 Å². The van der Waals surface area contributed by atoms with Gasteiger partial charge in [-0.15, -0.1) is 21.5 Å². The Morgan fingerprint density at radius 1 is 1.20 bits per heavy atom. The number of nitrogens with zero attached hydrogens (tertiary/aromatic N) is 2. The summed E-state index contributed by atoms with van der Waals surface area (Å²) in [5.74, 6) is 0.123. The van der Waals surface area contributed by atoms with Gasteiger partial charge in [-0.3, -0.25) is 4.79 Å². The van der Waals surface area contributed by atoms with Crippen molar-refractivity contribution in [1.82, 2.24) is 10.2 Å². The molecular weight excluding hydrogens is 296 g/mol. The van der Waals surface area contributed by atoms with Gasteiger partial charge < -0.3 is 11.1 Å². The molecule has 0 aliphatic heterocycles. The Morgan fingerprint density at radius 3 is 2.80 bits per heavy atom. The summed E-state index contributed by atoms with van der Waals surface area (Å²) >= 11 is 7.03. The first-order valence-corrected chi connectivity index (χ1v) is 6.91. The molecule has 0 bridgehead atoms. The van der Waals surface area contributed by atoms with Crippen LogP contribution in [0.2, 0.25) is 5.15 Å². The Bertz CT molecular complexity index is 785. The minimum absolute atomic E-state index is 0.235. The molecule has 0 radical (unpaired) electrons. The zero-order valence-electron chi connectivity index (χ0n) is 10.1. The van der Waals surface area contributed by atoms with Gasteiger partial charge in [0.25, 0.3) is 5.91 Å². The first-order valence-electron chi connectivity index (χ1n) is 5.71. The highest BCUT2D eigenvalue weighted by molar-refractivity contribution is 7.20. The fraction of sp³-hybridized carbons (Fsp3) is 0. The largest absolute Gasteiger partial charge is 0.399 e. The van der Waals surface area contributed by atoms with Gasteiger partial charge in [0.15, 0.2) is 11.0 Å². The molecule has 0 spiro atoms. The number of hydrogen-bond donors (Lipinski definition) is 2. The first-order chi connectivity index (χ1) is 9.61. The Hall–Kier alpha value is -2.18. The van der Waals surface area contributed by atoms with Crippen molar-refractivity contribution in [2.24, 2.45) is 0 Å². The van der Waals surface area contributed by atoms with E-state index in [-0.39, 0.29) is 11.1 Å². The summed E-state index contributed by atoms with van der Waals surface area (Å²) in [5, 5.41) is 11.3. The van der Waals surface area contributed by atoms with Crippen LogP contribution in [-0.4, -0.2) is 16.1 Å². The van der Waals surface area contributed by atoms with Gasteiger partial charge in [-0.25, -0.2) is 0 Å². The molecule has 2 heterocycles. The summed E-state index contributed by atoms with van der Waals surface area (Å²) in [5.41, 5.74) is 6.39. The fourth-order valence-corrected chi connectivity index (χ4v) is 2.77. The summed E-state index contributed by atoms with van der Waals surface area (Å²) in [6, 6.07) is 10.5. The van der Waals surface area contributed by atoms with E-state index in [1.165, 1.54) is 11.3 Å². The average Bonchev–Trinajstić information content (AvgIpc) is 2.84. The zero-order chi connectivity index (χ0) is 14.1. The summed E-state index contributed by atoms with van der Waals surface area (Å²) in [6.45, 7) is 0. The molecule has 2 aromatic heterocycles. The normalized spacial score (nSPS) is 10.7. The molecule has 0 unspecified atom stereocenters. The van der Waals surface area contributed by atoms with Gasteiger partial charge in [-0.05, 0) is 41.8 Å². The summed E-state index contributed by atoms with van der Waals surface area (Å²) < 4.78 is 1.01. The quantitative estimate of drug-likeness (QED) is 0.712. The Morgan fingerprint density at radius 2 is 2.05 bits per heavy atom. The third-order valence-electron chi connectivity index (χ3n) is 2.64. The van der Waals surface area contributed by atoms with E-state index < -0.39 is 0 Å². The van der Waals surface area contributed by atoms with Gasteiger partial charge in [0.2, 0.25) is 0 Å². The number of hydrogen-bond acceptors (Lipinski definition) is 5. The van der Waals surface area contributed by atoms with Crippen LogP contribution in [0.4, 0.5) is 11.5 Å². The van der Waals surface area contributed by atoms with Crippen LogP contribution in [0, 0.1) is 0 Å². The van der Waals surface area contributed by atoms with Gasteiger partial charge in [0.1, 0.15) is 0 Å². The van der Waals surface area contributed by atoms with Crippen molar-refractivity contribution in [2.45, 2.75) is 0 Å². The third kappa shape index (κ3) is 2.56. The van der Waals surface area contributed by atoms with E-state index in [0.717, 1.165) is 10.1 Å². The number of anilines is 2. The molecule has 0 aliphatic rings. The number of aromatic nitrogens is 2. The van der Waals surface area contributed by atoms with Crippen molar-refractivity contribution >= 4 is 50.4 Å². The molecule has 0 aliphatic carbocycles. The topological polar surface area (TPSA) is 80.9 Å². The van der Waals surface area contributed by atoms with Crippen molar-refractivity contribution < 1.29 is 4.79 Å². The molecule has 3 aromatic rings. The average molecular weight is 305 g/mol. The summed E-state index contributed by atoms with van der Waals surface area (Å²) in [4.78, 5) is 12.7. The van der Waals surface area contributed by atoms with E-state index in [4.69, 9.17) is 17.3 Å². The van der Waals surface area contributed by atoms with Gasteiger partial charge in [0.05, 0.1) is 4.88 Å². The van der Waals surface area contributed by atoms with Crippen LogP contribution in [-0.2, 0) is 0 Å². The van der Waals surface area contributed by atoms with Crippen LogP contribution in [0.5, 0.6) is 0 Å². The lowest BCUT2D eigenvalue weighted by Gasteiger charge is -2.00. The third-order valence-corrected chi connectivity index (χ3v) is 3.95. The maximum atomic E-state index is 12.1. The van der Waals surface area contributed by atoms with Crippen molar-refractivity contribution in [3.05, 3.63) is 46.4 Å². The van der Waals surface area contributed by atoms with Gasteiger partial charge in [-0.1, -0.05) is 11.6 Å². The van der Waals surface area contributed by atoms with Crippen LogP contribution >= 0.6 is 22.9 Å². The maximum Gasteiger partial charge on any atom is 0.266 e. The minimum atomic E-state index is -0.235. The second-order valence-corrected chi connectivity index (χ2v) is 5.57. The summed E-state index contributed by atoms with van der Waals surface area (Å²) in [6.07, 6.45) is 0. The Kier molecular flexibility index (Phi) is 3.25. The van der Waals surface area contributed by atoms with Crippen molar-refractivity contribution in [3.8, 4) is 0 Å². The predicted octanol–water partition coefficient (Wildman–Crippen LogP) is 3.18. The molecule has 5 nitrogen and oxygen atoms in total. The molecule has 100 valence electrons. The molecule has 1 aromatic carbocycles. The SMILES string of the molecule is Nc1ccc2sc(C(=O)Nc3ccc(Cl)nn3)cc2c1. The van der Waals surface area contributed by atoms with E-state index in [9.17, 15) is 4.79 Å². The minimum Gasteiger partial charge on any atom is -0.399 e. The number of carbonyl (C=O) groups is 1. The highest BCUT2D eigenvalue weighted by atomic mass is 35.5. The lowest BCUT2D eigenvalue weighted by molar-refractivity contribution is 0.103. The molecule has 0 saturated heterocycles. The number of carbonyl (C=O) groups excluding carboxylic acids is 1. The number of halogens is 1. The highest BCUT2D eigenvalue weighted by Crippen LogP contribution is 2.27. The van der Waals surface area contributed by atoms with Gasteiger partial charge in [-0.2, -0.15) is 0 Å². The number of nitrogens with two attached hydrogens (primary N) is 1. The molecule has 3 N–H and O–H groups in total. The lowest BCUT2D eigenvalue weighted by Crippen LogP contribution is -2.11. The number of amides is 1. The molecule has 0 atom stereocenters. The van der Waals surface area contributed by atoms with E-state index in [2.05, 4.69) is 15.5 Å². The summed E-state index contributed by atoms with van der Waals surface area (Å²) in [7, 11) is 0. The molecule has 7 heteroatoms. The first kappa shape index (κ1) is 12.8. The monoisotopic (exact) mass is 304 g/mol. The van der Waals surface area contributed by atoms with E-state index in [1.54, 1.807) is 18.2 Å². The number of rotatable bonds is 2. The number of benzene rings is 1. The highest BCUT2D eigenvalue weighted by Gasteiger charge is 2.11. The van der Waals surface area contributed by atoms with Crippen LogP contribution in [0.1, 0.15) is 9.67 Å². The van der Waals surface area contributed by atoms with Gasteiger partial charge >= 0.3 is 0 Å². The van der Waals surface area contributed by atoms with Crippen LogP contribution in [0.3, 0.4) is 0 Å². The fourth-order valence-electron chi connectivity index (χ4n) is 1.73. The van der Waals surface area contributed by atoms with E-state index in [0.29, 0.717) is 16.4 Å². The van der Waals surface area contributed by atoms with E-state index >= 15 is 0 Å². The van der Waals surface area contributed by atoms with Crippen molar-refractivity contribution in [3.63, 3.8) is 0 Å². The van der Waals surface area contributed by atoms with Crippen molar-refractivity contribution in [2.75, 3.05) is 11.1 Å². The zero-order valence-corrected chi connectivity index (χ0v) is 11.7. The molecule has 20 heavy (non-hydrogen) atoms. The lowest BCUT2D eigenvalue weighted by atomic mass is 10.2. The van der Waals surface area contributed by atoms with Crippen LogP contribution in [0.25, 0.3) is 10.1 Å². The van der Waals surface area contributed by atoms with Crippen molar-refractivity contribution in [1.29, 1.82) is 0 Å². The second kappa shape index (κ2) is 5.07. The predicted molar refractivity (Wildman–Crippen MR) is 81.2 cm³/mol. The number of thiophene rings is 1. The second-order valence-electron chi connectivity index (χ2n) is 4.10. The molecule has 0 fully saturated rings. The van der Waals surface area contributed by atoms with Crippen LogP contribution in [0.15, 0.2) is 36.4 Å². The Labute approximate surface area is 123 Å². The standard InChI is InChI=1S/C13H9ClN4OS/c14-11-3-4-12(18-17-11)16-13(19)10-6-7-5-8(15)1-2-9(7)20-10/h1-6H,15H2,(H,16,18,19). The maximum absolute atomic E-state index is 12.1. The Balaban J connectivity index is 1.86. The number of nitrogens with one attached hydrogen (secondary N) is 1. The smallest absolute Gasteiger partial charge is 0.266 e. The number of nitrogen functional groups attached to an aromatic ring is 1. The molecule has 1 amide bonds. The molecule has 0 saturated carbocycles. The van der Waals surface area contributed by atoms with Crippen LogP contribution < -0.4 is 11.1 Å². The molecule has 3 rings (SSSR count). The van der Waals surface area contributed by atoms with Gasteiger partial charge in [0, 0.05) is 10.4 Å². The molecular formula is C13H9ClN4OS.